The Hall–Kier alpha value is -3.00. The predicted molar refractivity (Wildman–Crippen MR) is 99.8 cm³/mol. The number of nitrogens with zero attached hydrogens (tertiary/aromatic N) is 1. The summed E-state index contributed by atoms with van der Waals surface area (Å²) in [7, 11) is 0. The van der Waals surface area contributed by atoms with E-state index in [1.807, 2.05) is 24.3 Å². The number of aromatic nitrogens is 1. The predicted octanol–water partition coefficient (Wildman–Crippen LogP) is 2.19. The van der Waals surface area contributed by atoms with Gasteiger partial charge in [0.25, 0.3) is 0 Å². The van der Waals surface area contributed by atoms with Crippen molar-refractivity contribution in [2.45, 2.75) is 18.6 Å². The van der Waals surface area contributed by atoms with Gasteiger partial charge in [0.05, 0.1) is 31.8 Å². The highest BCUT2D eigenvalue weighted by Crippen LogP contribution is 2.36. The number of hydrogen-bond donors (Lipinski definition) is 3. The van der Waals surface area contributed by atoms with Gasteiger partial charge in [0.15, 0.2) is 17.1 Å². The summed E-state index contributed by atoms with van der Waals surface area (Å²) in [5, 5.41) is 32.6. The van der Waals surface area contributed by atoms with E-state index in [-0.39, 0.29) is 18.8 Å². The molecule has 2 aromatic carbocycles. The van der Waals surface area contributed by atoms with E-state index in [1.165, 1.54) is 0 Å². The highest BCUT2D eigenvalue weighted by atomic mass is 16.5. The van der Waals surface area contributed by atoms with Crippen LogP contribution in [0.15, 0.2) is 53.1 Å². The highest BCUT2D eigenvalue weighted by Gasteiger charge is 2.40. The molecule has 7 nitrogen and oxygen atoms in total. The van der Waals surface area contributed by atoms with Crippen LogP contribution < -0.4 is 4.74 Å². The minimum atomic E-state index is -1.29. The SMILES string of the molecule is O=C1CC(CO)(CO)Oc2ccc(-c3cc(-c4ccccc4CO)no3)cc21. The second-order valence-corrected chi connectivity index (χ2v) is 6.80. The van der Waals surface area contributed by atoms with Crippen LogP contribution in [-0.2, 0) is 6.61 Å². The van der Waals surface area contributed by atoms with E-state index >= 15 is 0 Å². The number of rotatable bonds is 5. The number of ether oxygens (including phenoxy) is 1. The minimum absolute atomic E-state index is 0.109. The Morgan fingerprint density at radius 2 is 1.79 bits per heavy atom. The third-order valence-corrected chi connectivity index (χ3v) is 4.92. The number of carbonyl (C=O) groups is 1. The first-order chi connectivity index (χ1) is 13.6. The Morgan fingerprint density at radius 3 is 2.54 bits per heavy atom. The lowest BCUT2D eigenvalue weighted by atomic mass is 9.90. The summed E-state index contributed by atoms with van der Waals surface area (Å²) >= 11 is 0. The van der Waals surface area contributed by atoms with Gasteiger partial charge in [-0.3, -0.25) is 4.79 Å². The number of fused-ring (bicyclic) bond motifs is 1. The van der Waals surface area contributed by atoms with Crippen LogP contribution >= 0.6 is 0 Å². The van der Waals surface area contributed by atoms with E-state index in [0.717, 1.165) is 11.1 Å². The molecule has 4 rings (SSSR count). The van der Waals surface area contributed by atoms with Crippen molar-refractivity contribution in [3.05, 3.63) is 59.7 Å². The van der Waals surface area contributed by atoms with Crippen LogP contribution in [-0.4, -0.2) is 45.1 Å². The molecule has 0 spiro atoms. The monoisotopic (exact) mass is 381 g/mol. The number of carbonyl (C=O) groups excluding carboxylic acids is 1. The van der Waals surface area contributed by atoms with Gasteiger partial charge in [-0.05, 0) is 23.8 Å². The molecule has 0 fully saturated rings. The normalized spacial score (nSPS) is 15.2. The van der Waals surface area contributed by atoms with E-state index in [4.69, 9.17) is 9.26 Å². The Labute approximate surface area is 160 Å². The van der Waals surface area contributed by atoms with Crippen LogP contribution in [0.25, 0.3) is 22.6 Å². The molecule has 28 heavy (non-hydrogen) atoms. The molecule has 1 aromatic heterocycles. The topological polar surface area (TPSA) is 113 Å². The fourth-order valence-corrected chi connectivity index (χ4v) is 3.32. The molecular formula is C21H19NO6. The standard InChI is InChI=1S/C21H19NO6/c23-10-14-3-1-2-4-15(14)17-8-20(28-22-17)13-5-6-19-16(7-13)18(26)9-21(11-24,12-25)27-19/h1-8,23-25H,9-12H2. The number of aliphatic hydroxyl groups excluding tert-OH is 3. The number of benzene rings is 2. The Kier molecular flexibility index (Phi) is 4.72. The first-order valence-electron chi connectivity index (χ1n) is 8.83. The summed E-state index contributed by atoms with van der Waals surface area (Å²) in [5.74, 6) is 0.560. The zero-order valence-corrected chi connectivity index (χ0v) is 15.0. The van der Waals surface area contributed by atoms with Crippen molar-refractivity contribution in [1.29, 1.82) is 0 Å². The van der Waals surface area contributed by atoms with Crippen LogP contribution in [0.3, 0.4) is 0 Å². The summed E-state index contributed by atoms with van der Waals surface area (Å²) in [5.41, 5.74) is 1.81. The van der Waals surface area contributed by atoms with Gasteiger partial charge in [-0.1, -0.05) is 29.4 Å². The molecule has 0 aliphatic carbocycles. The highest BCUT2D eigenvalue weighted by molar-refractivity contribution is 6.01. The van der Waals surface area contributed by atoms with Crippen molar-refractivity contribution < 1.29 is 29.4 Å². The van der Waals surface area contributed by atoms with Gasteiger partial charge in [0, 0.05) is 17.2 Å². The van der Waals surface area contributed by atoms with Crippen LogP contribution in [0.2, 0.25) is 0 Å². The molecule has 0 saturated carbocycles. The van der Waals surface area contributed by atoms with E-state index < -0.39 is 18.8 Å². The van der Waals surface area contributed by atoms with Gasteiger partial charge in [-0.2, -0.15) is 0 Å². The molecule has 0 amide bonds. The van der Waals surface area contributed by atoms with Gasteiger partial charge in [0.2, 0.25) is 0 Å². The maximum absolute atomic E-state index is 12.5. The van der Waals surface area contributed by atoms with Crippen molar-refractivity contribution in [2.24, 2.45) is 0 Å². The Morgan fingerprint density at radius 1 is 1.00 bits per heavy atom. The van der Waals surface area contributed by atoms with Gasteiger partial charge < -0.3 is 24.6 Å². The lowest BCUT2D eigenvalue weighted by Crippen LogP contribution is -2.48. The summed E-state index contributed by atoms with van der Waals surface area (Å²) < 4.78 is 11.1. The van der Waals surface area contributed by atoms with Crippen molar-refractivity contribution >= 4 is 5.78 Å². The van der Waals surface area contributed by atoms with Crippen molar-refractivity contribution in [1.82, 2.24) is 5.16 Å². The van der Waals surface area contributed by atoms with Crippen LogP contribution in [0, 0.1) is 0 Å². The lowest BCUT2D eigenvalue weighted by Gasteiger charge is -2.34. The zero-order chi connectivity index (χ0) is 19.7. The van der Waals surface area contributed by atoms with Crippen molar-refractivity contribution in [3.8, 4) is 28.3 Å². The van der Waals surface area contributed by atoms with Gasteiger partial charge in [-0.15, -0.1) is 0 Å². The average molecular weight is 381 g/mol. The molecule has 0 saturated heterocycles. The van der Waals surface area contributed by atoms with Crippen molar-refractivity contribution in [3.63, 3.8) is 0 Å². The molecule has 0 atom stereocenters. The van der Waals surface area contributed by atoms with E-state index in [9.17, 15) is 20.1 Å². The second-order valence-electron chi connectivity index (χ2n) is 6.80. The molecule has 2 heterocycles. The van der Waals surface area contributed by atoms with Crippen LogP contribution in [0.1, 0.15) is 22.3 Å². The number of aliphatic hydroxyl groups is 3. The molecule has 0 bridgehead atoms. The van der Waals surface area contributed by atoms with Gasteiger partial charge >= 0.3 is 0 Å². The number of ketones is 1. The summed E-state index contributed by atoms with van der Waals surface area (Å²) in [6.07, 6.45) is -0.109. The van der Waals surface area contributed by atoms with Crippen LogP contribution in [0.5, 0.6) is 5.75 Å². The van der Waals surface area contributed by atoms with E-state index in [2.05, 4.69) is 5.16 Å². The largest absolute Gasteiger partial charge is 0.481 e. The van der Waals surface area contributed by atoms with Crippen LogP contribution in [0.4, 0.5) is 0 Å². The molecule has 0 unspecified atom stereocenters. The molecule has 7 heteroatoms. The fraction of sp³-hybridized carbons (Fsp3) is 0.238. The summed E-state index contributed by atoms with van der Waals surface area (Å²) in [4.78, 5) is 12.5. The maximum atomic E-state index is 12.5. The molecule has 144 valence electrons. The Bertz CT molecular complexity index is 1020. The smallest absolute Gasteiger partial charge is 0.170 e. The minimum Gasteiger partial charge on any atom is -0.481 e. The number of hydrogen-bond acceptors (Lipinski definition) is 7. The lowest BCUT2D eigenvalue weighted by molar-refractivity contribution is -0.0403. The first kappa shape index (κ1) is 18.4. The molecule has 1 aliphatic heterocycles. The average Bonchev–Trinajstić information content (AvgIpc) is 3.23. The molecule has 3 N–H and O–H groups in total. The van der Waals surface area contributed by atoms with E-state index in [0.29, 0.717) is 28.3 Å². The first-order valence-corrected chi connectivity index (χ1v) is 8.83. The summed E-state index contributed by atoms with van der Waals surface area (Å²) in [6, 6.07) is 14.1. The van der Waals surface area contributed by atoms with Gasteiger partial charge in [-0.25, -0.2) is 0 Å². The van der Waals surface area contributed by atoms with Crippen molar-refractivity contribution in [2.75, 3.05) is 13.2 Å². The fourth-order valence-electron chi connectivity index (χ4n) is 3.32. The van der Waals surface area contributed by atoms with E-state index in [1.54, 1.807) is 24.3 Å². The third-order valence-electron chi connectivity index (χ3n) is 4.92. The van der Waals surface area contributed by atoms with Gasteiger partial charge in [0.1, 0.15) is 11.4 Å². The molecule has 0 radical (unpaired) electrons. The summed E-state index contributed by atoms with van der Waals surface area (Å²) in [6.45, 7) is -1.02. The molecular weight excluding hydrogens is 362 g/mol. The third kappa shape index (κ3) is 3.09. The quantitative estimate of drug-likeness (QED) is 0.621. The second kappa shape index (κ2) is 7.20. The zero-order valence-electron chi connectivity index (χ0n) is 15.0. The maximum Gasteiger partial charge on any atom is 0.170 e. The molecule has 3 aromatic rings. The molecule has 1 aliphatic rings. The Balaban J connectivity index is 1.68. The number of Topliss-reactive ketones (excluding diaryl/α,β-unsaturated/α-hetero) is 1.